The number of aromatic nitrogens is 1. The van der Waals surface area contributed by atoms with Gasteiger partial charge < -0.3 is 10.1 Å². The van der Waals surface area contributed by atoms with Gasteiger partial charge in [-0.15, -0.1) is 12.1 Å². The normalized spacial score (nSPS) is 8.00. The van der Waals surface area contributed by atoms with Crippen molar-refractivity contribution in [1.82, 2.24) is 4.98 Å². The Bertz CT molecular complexity index is 212. The zero-order chi connectivity index (χ0) is 6.69. The maximum Gasteiger partial charge on any atom is 2.00 e. The SMILES string of the molecule is O=C(O)c1c[c-]ncc1.[W+2]. The van der Waals surface area contributed by atoms with E-state index in [1.54, 1.807) is 0 Å². The molecule has 0 aliphatic heterocycles. The summed E-state index contributed by atoms with van der Waals surface area (Å²) in [4.78, 5) is 13.7. The maximum atomic E-state index is 10.2. The fourth-order valence-electron chi connectivity index (χ4n) is 0.449. The zero-order valence-electron chi connectivity index (χ0n) is 4.94. The van der Waals surface area contributed by atoms with Crippen molar-refractivity contribution < 1.29 is 31.0 Å². The number of aromatic carboxylic acids is 1. The summed E-state index contributed by atoms with van der Waals surface area (Å²) in [6.07, 6.45) is 3.80. The van der Waals surface area contributed by atoms with Crippen LogP contribution in [0.5, 0.6) is 0 Å². The molecule has 0 unspecified atom stereocenters. The summed E-state index contributed by atoms with van der Waals surface area (Å²) in [5, 5.41) is 8.34. The summed E-state index contributed by atoms with van der Waals surface area (Å²) in [6, 6.07) is 2.74. The average molecular weight is 306 g/mol. The number of carboxylic acid groups (broad SMARTS) is 1. The third-order valence-electron chi connectivity index (χ3n) is 0.870. The average Bonchev–Trinajstić information content (AvgIpc) is 1.90. The van der Waals surface area contributed by atoms with E-state index in [2.05, 4.69) is 11.2 Å². The molecule has 1 N–H and O–H groups in total. The summed E-state index contributed by atoms with van der Waals surface area (Å²) in [6.45, 7) is 0. The topological polar surface area (TPSA) is 50.2 Å². The van der Waals surface area contributed by atoms with Gasteiger partial charge in [-0.2, -0.15) is 0 Å². The van der Waals surface area contributed by atoms with Crippen molar-refractivity contribution in [2.24, 2.45) is 0 Å². The third kappa shape index (κ3) is 2.27. The van der Waals surface area contributed by atoms with Crippen LogP contribution in [0.4, 0.5) is 0 Å². The standard InChI is InChI=1S/C6H4NO2.W/c8-6(9)5-1-3-7-4-2-5;/h1-3H,(H,8,9);/q-1;+2. The van der Waals surface area contributed by atoms with Crippen molar-refractivity contribution in [2.75, 3.05) is 0 Å². The number of nitrogens with zero attached hydrogens (tertiary/aromatic N) is 1. The molecule has 1 aromatic rings. The van der Waals surface area contributed by atoms with E-state index in [4.69, 9.17) is 5.11 Å². The van der Waals surface area contributed by atoms with Gasteiger partial charge in [0, 0.05) is 0 Å². The van der Waals surface area contributed by atoms with Crippen LogP contribution in [-0.4, -0.2) is 16.1 Å². The Morgan fingerprint density at radius 3 is 2.70 bits per heavy atom. The Morgan fingerprint density at radius 1 is 1.70 bits per heavy atom. The molecule has 0 fully saturated rings. The first kappa shape index (κ1) is 9.31. The smallest absolute Gasteiger partial charge is 0.487 e. The van der Waals surface area contributed by atoms with Crippen molar-refractivity contribution in [3.63, 3.8) is 0 Å². The molecule has 0 saturated heterocycles. The van der Waals surface area contributed by atoms with Gasteiger partial charge in [0.25, 0.3) is 5.97 Å². The van der Waals surface area contributed by atoms with Gasteiger partial charge in [0.15, 0.2) is 0 Å². The predicted molar refractivity (Wildman–Crippen MR) is 30.0 cm³/mol. The Labute approximate surface area is 72.4 Å². The molecule has 3 nitrogen and oxygen atoms in total. The molecule has 4 heteroatoms. The molecule has 0 aliphatic carbocycles. The Balaban J connectivity index is 0.000000810. The van der Waals surface area contributed by atoms with Gasteiger partial charge in [0.1, 0.15) is 0 Å². The summed E-state index contributed by atoms with van der Waals surface area (Å²) in [5.41, 5.74) is 0.213. The summed E-state index contributed by atoms with van der Waals surface area (Å²) < 4.78 is 0. The van der Waals surface area contributed by atoms with Gasteiger partial charge in [-0.05, 0) is 5.56 Å². The van der Waals surface area contributed by atoms with Crippen LogP contribution in [0.1, 0.15) is 10.4 Å². The summed E-state index contributed by atoms with van der Waals surface area (Å²) in [7, 11) is 0. The third-order valence-corrected chi connectivity index (χ3v) is 0.870. The van der Waals surface area contributed by atoms with E-state index in [-0.39, 0.29) is 26.6 Å². The van der Waals surface area contributed by atoms with Gasteiger partial charge in [0.2, 0.25) is 0 Å². The second kappa shape index (κ2) is 4.18. The fourth-order valence-corrected chi connectivity index (χ4v) is 0.449. The van der Waals surface area contributed by atoms with Crippen molar-refractivity contribution in [2.45, 2.75) is 0 Å². The molecule has 0 bridgehead atoms. The van der Waals surface area contributed by atoms with Crippen LogP contribution in [0.25, 0.3) is 0 Å². The van der Waals surface area contributed by atoms with Crippen molar-refractivity contribution in [1.29, 1.82) is 0 Å². The molecule has 0 aliphatic rings. The van der Waals surface area contributed by atoms with E-state index in [0.29, 0.717) is 0 Å². The Morgan fingerprint density at radius 2 is 2.40 bits per heavy atom. The second-order valence-electron chi connectivity index (χ2n) is 1.48. The molecular formula is C6H4NO2W+. The van der Waals surface area contributed by atoms with E-state index in [1.807, 2.05) is 0 Å². The first-order chi connectivity index (χ1) is 4.30. The maximum absolute atomic E-state index is 10.2. The van der Waals surface area contributed by atoms with Crippen molar-refractivity contribution >= 4 is 5.97 Å². The fraction of sp³-hybridized carbons (Fsp3) is 0. The minimum Gasteiger partial charge on any atom is -0.487 e. The Hall–Kier alpha value is -0.692. The zero-order valence-corrected chi connectivity index (χ0v) is 7.88. The number of hydrogen-bond acceptors (Lipinski definition) is 2. The molecule has 0 spiro atoms. The van der Waals surface area contributed by atoms with Gasteiger partial charge in [-0.1, -0.05) is 12.4 Å². The van der Waals surface area contributed by atoms with Crippen LogP contribution in [0.3, 0.4) is 0 Å². The largest absolute Gasteiger partial charge is 2.00 e. The van der Waals surface area contributed by atoms with Crippen LogP contribution in [0.15, 0.2) is 18.3 Å². The summed E-state index contributed by atoms with van der Waals surface area (Å²) in [5.74, 6) is -0.950. The monoisotopic (exact) mass is 306 g/mol. The predicted octanol–water partition coefficient (Wildman–Crippen LogP) is 0.577. The van der Waals surface area contributed by atoms with E-state index in [9.17, 15) is 4.79 Å². The minimum absolute atomic E-state index is 0. The molecule has 1 rings (SSSR count). The molecular weight excluding hydrogens is 302 g/mol. The van der Waals surface area contributed by atoms with Gasteiger partial charge in [-0.3, -0.25) is 4.79 Å². The second-order valence-corrected chi connectivity index (χ2v) is 1.48. The van der Waals surface area contributed by atoms with E-state index < -0.39 is 5.97 Å². The number of carboxylic acids is 1. The number of hydrogen-bond donors (Lipinski definition) is 1. The molecule has 1 aromatic heterocycles. The molecule has 0 amide bonds. The van der Waals surface area contributed by atoms with Crippen LogP contribution in [0, 0.1) is 6.20 Å². The van der Waals surface area contributed by atoms with E-state index in [0.717, 1.165) is 0 Å². The molecule has 10 heavy (non-hydrogen) atoms. The first-order valence-corrected chi connectivity index (χ1v) is 2.36. The van der Waals surface area contributed by atoms with Gasteiger partial charge in [0.05, 0.1) is 0 Å². The molecule has 0 radical (unpaired) electrons. The minimum atomic E-state index is -0.950. The van der Waals surface area contributed by atoms with Crippen LogP contribution in [-0.2, 0) is 21.1 Å². The first-order valence-electron chi connectivity index (χ1n) is 2.36. The van der Waals surface area contributed by atoms with Crippen molar-refractivity contribution in [3.8, 4) is 0 Å². The van der Waals surface area contributed by atoms with Crippen molar-refractivity contribution in [3.05, 3.63) is 30.1 Å². The van der Waals surface area contributed by atoms with Crippen LogP contribution in [0.2, 0.25) is 0 Å². The number of rotatable bonds is 1. The summed E-state index contributed by atoms with van der Waals surface area (Å²) >= 11 is 0. The van der Waals surface area contributed by atoms with Crippen LogP contribution >= 0.6 is 0 Å². The van der Waals surface area contributed by atoms with Gasteiger partial charge in [-0.25, -0.2) is 0 Å². The van der Waals surface area contributed by atoms with Crippen LogP contribution < -0.4 is 0 Å². The van der Waals surface area contributed by atoms with E-state index in [1.165, 1.54) is 18.3 Å². The molecule has 0 atom stereocenters. The number of carbonyl (C=O) groups is 1. The molecule has 50 valence electrons. The molecule has 1 heterocycles. The Kier molecular flexibility index (Phi) is 3.89. The number of pyridine rings is 1. The molecule has 0 aromatic carbocycles. The van der Waals surface area contributed by atoms with E-state index >= 15 is 0 Å². The molecule has 0 saturated carbocycles. The quantitative estimate of drug-likeness (QED) is 0.772. The van der Waals surface area contributed by atoms with Gasteiger partial charge >= 0.3 is 21.1 Å².